The Morgan fingerprint density at radius 3 is 2.50 bits per heavy atom. The average Bonchev–Trinajstić information content (AvgIpc) is 3.34. The SMILES string of the molecule is CCc1nn(C)c(Cl)c1CN1CCN(Cc2nc(-c3ccccc3OC)no2)CC1. The van der Waals surface area contributed by atoms with Gasteiger partial charge in [-0.3, -0.25) is 14.5 Å². The summed E-state index contributed by atoms with van der Waals surface area (Å²) < 4.78 is 12.6. The molecule has 0 unspecified atom stereocenters. The van der Waals surface area contributed by atoms with E-state index in [1.54, 1.807) is 11.8 Å². The molecule has 160 valence electrons. The van der Waals surface area contributed by atoms with E-state index in [2.05, 4.69) is 32.0 Å². The fraction of sp³-hybridized carbons (Fsp3) is 0.476. The van der Waals surface area contributed by atoms with Crippen LogP contribution in [0.25, 0.3) is 11.4 Å². The number of methoxy groups -OCH3 is 1. The van der Waals surface area contributed by atoms with E-state index in [4.69, 9.17) is 20.9 Å². The molecule has 1 saturated heterocycles. The van der Waals surface area contributed by atoms with Crippen molar-refractivity contribution in [3.63, 3.8) is 0 Å². The van der Waals surface area contributed by atoms with Crippen LogP contribution in [-0.4, -0.2) is 63.0 Å². The van der Waals surface area contributed by atoms with Crippen LogP contribution in [0.3, 0.4) is 0 Å². The number of hydrogen-bond acceptors (Lipinski definition) is 7. The van der Waals surface area contributed by atoms with E-state index in [0.717, 1.165) is 66.9 Å². The van der Waals surface area contributed by atoms with Crippen LogP contribution in [0, 0.1) is 0 Å². The fourth-order valence-corrected chi connectivity index (χ4v) is 4.03. The molecule has 0 saturated carbocycles. The van der Waals surface area contributed by atoms with Crippen LogP contribution in [-0.2, 0) is 26.6 Å². The molecule has 1 aliphatic heterocycles. The van der Waals surface area contributed by atoms with Gasteiger partial charge in [-0.25, -0.2) is 0 Å². The Balaban J connectivity index is 1.34. The van der Waals surface area contributed by atoms with Gasteiger partial charge in [-0.1, -0.05) is 35.8 Å². The lowest BCUT2D eigenvalue weighted by Crippen LogP contribution is -2.45. The topological polar surface area (TPSA) is 72.5 Å². The second kappa shape index (κ2) is 9.16. The molecule has 0 aliphatic carbocycles. The third-order valence-electron chi connectivity index (χ3n) is 5.51. The molecule has 0 atom stereocenters. The number of para-hydroxylation sites is 1. The van der Waals surface area contributed by atoms with Crippen molar-refractivity contribution in [3.8, 4) is 17.1 Å². The van der Waals surface area contributed by atoms with Crippen molar-refractivity contribution in [3.05, 3.63) is 46.6 Å². The summed E-state index contributed by atoms with van der Waals surface area (Å²) in [5, 5.41) is 9.39. The first-order valence-corrected chi connectivity index (χ1v) is 10.6. The average molecular weight is 431 g/mol. The highest BCUT2D eigenvalue weighted by atomic mass is 35.5. The molecule has 8 nitrogen and oxygen atoms in total. The maximum atomic E-state index is 6.45. The first-order valence-electron chi connectivity index (χ1n) is 10.2. The molecule has 9 heteroatoms. The van der Waals surface area contributed by atoms with Crippen LogP contribution in [0.4, 0.5) is 0 Å². The molecule has 0 N–H and O–H groups in total. The highest BCUT2D eigenvalue weighted by Gasteiger charge is 2.23. The Labute approximate surface area is 181 Å². The summed E-state index contributed by atoms with van der Waals surface area (Å²) in [7, 11) is 3.54. The Morgan fingerprint density at radius 1 is 1.10 bits per heavy atom. The largest absolute Gasteiger partial charge is 0.496 e. The number of nitrogens with zero attached hydrogens (tertiary/aromatic N) is 6. The Morgan fingerprint density at radius 2 is 1.80 bits per heavy atom. The zero-order valence-corrected chi connectivity index (χ0v) is 18.4. The Kier molecular flexibility index (Phi) is 6.36. The van der Waals surface area contributed by atoms with Gasteiger partial charge in [-0.2, -0.15) is 10.1 Å². The van der Waals surface area contributed by atoms with Crippen molar-refractivity contribution in [2.75, 3.05) is 33.3 Å². The van der Waals surface area contributed by atoms with E-state index >= 15 is 0 Å². The lowest BCUT2D eigenvalue weighted by molar-refractivity contribution is 0.112. The summed E-state index contributed by atoms with van der Waals surface area (Å²) in [5.74, 6) is 1.91. The van der Waals surface area contributed by atoms with E-state index in [-0.39, 0.29) is 0 Å². The molecule has 0 radical (unpaired) electrons. The summed E-state index contributed by atoms with van der Waals surface area (Å²) >= 11 is 6.45. The maximum absolute atomic E-state index is 6.45. The Bertz CT molecular complexity index is 993. The van der Waals surface area contributed by atoms with Crippen molar-refractivity contribution in [1.82, 2.24) is 29.7 Å². The molecular formula is C21H27ClN6O2. The van der Waals surface area contributed by atoms with Gasteiger partial charge in [0.2, 0.25) is 11.7 Å². The molecule has 30 heavy (non-hydrogen) atoms. The molecule has 2 aromatic heterocycles. The second-order valence-electron chi connectivity index (χ2n) is 7.46. The van der Waals surface area contributed by atoms with Crippen LogP contribution >= 0.6 is 11.6 Å². The van der Waals surface area contributed by atoms with E-state index in [0.29, 0.717) is 18.3 Å². The summed E-state index contributed by atoms with van der Waals surface area (Å²) in [6.07, 6.45) is 0.890. The van der Waals surface area contributed by atoms with Crippen LogP contribution in [0.5, 0.6) is 5.75 Å². The van der Waals surface area contributed by atoms with Gasteiger partial charge < -0.3 is 9.26 Å². The molecule has 4 rings (SSSR count). The molecule has 0 bridgehead atoms. The van der Waals surface area contributed by atoms with Gasteiger partial charge in [0.1, 0.15) is 10.9 Å². The molecule has 3 aromatic rings. The molecular weight excluding hydrogens is 404 g/mol. The number of halogens is 1. The van der Waals surface area contributed by atoms with Crippen molar-refractivity contribution in [2.45, 2.75) is 26.4 Å². The van der Waals surface area contributed by atoms with Crippen molar-refractivity contribution in [1.29, 1.82) is 0 Å². The fourth-order valence-electron chi connectivity index (χ4n) is 3.82. The molecule has 1 aliphatic rings. The van der Waals surface area contributed by atoms with E-state index in [1.807, 2.05) is 31.3 Å². The normalized spacial score (nSPS) is 15.6. The smallest absolute Gasteiger partial charge is 0.241 e. The molecule has 0 spiro atoms. The minimum Gasteiger partial charge on any atom is -0.496 e. The van der Waals surface area contributed by atoms with Crippen LogP contribution < -0.4 is 4.74 Å². The van der Waals surface area contributed by atoms with Gasteiger partial charge in [0.25, 0.3) is 0 Å². The molecule has 1 fully saturated rings. The zero-order chi connectivity index (χ0) is 21.1. The lowest BCUT2D eigenvalue weighted by Gasteiger charge is -2.33. The summed E-state index contributed by atoms with van der Waals surface area (Å²) in [4.78, 5) is 9.32. The highest BCUT2D eigenvalue weighted by Crippen LogP contribution is 2.27. The van der Waals surface area contributed by atoms with Gasteiger partial charge in [-0.15, -0.1) is 0 Å². The van der Waals surface area contributed by atoms with Crippen LogP contribution in [0.15, 0.2) is 28.8 Å². The zero-order valence-electron chi connectivity index (χ0n) is 17.6. The van der Waals surface area contributed by atoms with Crippen molar-refractivity contribution < 1.29 is 9.26 Å². The predicted octanol–water partition coefficient (Wildman–Crippen LogP) is 3.01. The van der Waals surface area contributed by atoms with Crippen LogP contribution in [0.1, 0.15) is 24.1 Å². The maximum Gasteiger partial charge on any atom is 0.241 e. The Hall–Kier alpha value is -2.42. The summed E-state index contributed by atoms with van der Waals surface area (Å²) in [5.41, 5.74) is 3.06. The van der Waals surface area contributed by atoms with Gasteiger partial charge in [0.15, 0.2) is 0 Å². The molecule has 0 amide bonds. The second-order valence-corrected chi connectivity index (χ2v) is 7.82. The lowest BCUT2D eigenvalue weighted by atomic mass is 10.2. The third-order valence-corrected chi connectivity index (χ3v) is 5.98. The molecule has 3 heterocycles. The number of benzene rings is 1. The quantitative estimate of drug-likeness (QED) is 0.570. The van der Waals surface area contributed by atoms with E-state index in [1.165, 1.54) is 0 Å². The minimum atomic E-state index is 0.555. The predicted molar refractivity (Wildman–Crippen MR) is 114 cm³/mol. The number of piperazine rings is 1. The van der Waals surface area contributed by atoms with Crippen molar-refractivity contribution >= 4 is 11.6 Å². The first-order chi connectivity index (χ1) is 14.6. The monoisotopic (exact) mass is 430 g/mol. The third kappa shape index (κ3) is 4.35. The number of rotatable bonds is 7. The highest BCUT2D eigenvalue weighted by molar-refractivity contribution is 6.30. The molecule has 1 aromatic carbocycles. The minimum absolute atomic E-state index is 0.555. The van der Waals surface area contributed by atoms with Gasteiger partial charge >= 0.3 is 0 Å². The van der Waals surface area contributed by atoms with Crippen molar-refractivity contribution in [2.24, 2.45) is 7.05 Å². The van der Waals surface area contributed by atoms with E-state index < -0.39 is 0 Å². The van der Waals surface area contributed by atoms with Gasteiger partial charge in [0, 0.05) is 45.3 Å². The van der Waals surface area contributed by atoms with E-state index in [9.17, 15) is 0 Å². The summed E-state index contributed by atoms with van der Waals surface area (Å²) in [6.45, 7) is 7.39. The summed E-state index contributed by atoms with van der Waals surface area (Å²) in [6, 6.07) is 7.68. The number of hydrogen-bond donors (Lipinski definition) is 0. The standard InChI is InChI=1S/C21H27ClN6O2/c1-4-17-16(20(22)26(2)24-17)13-27-9-11-28(12-10-27)14-19-23-21(25-30-19)15-7-5-6-8-18(15)29-3/h5-8H,4,9-14H2,1-3H3. The number of aryl methyl sites for hydroxylation is 2. The first kappa shape index (κ1) is 20.8. The van der Waals surface area contributed by atoms with Crippen LogP contribution in [0.2, 0.25) is 5.15 Å². The number of aromatic nitrogens is 4. The van der Waals surface area contributed by atoms with Gasteiger partial charge in [-0.05, 0) is 18.6 Å². The van der Waals surface area contributed by atoms with Gasteiger partial charge in [0.05, 0.1) is 24.9 Å². The number of ether oxygens (including phenoxy) is 1.